The monoisotopic (exact) mass is 956 g/mol. The lowest BCUT2D eigenvalue weighted by Crippen LogP contribution is -2.00. The maximum atomic E-state index is 5.34. The molecule has 0 amide bonds. The number of fused-ring (bicyclic) bond motifs is 18. The molecule has 0 fully saturated rings. The zero-order valence-corrected chi connectivity index (χ0v) is 40.6. The SMILES string of the molecule is c1ccc(-c2nc(-c3ccc4c(c3)c3ccccc3c3cccc(-n5c6ccccc6c6cc(-c7ccc8c9ccccc9c9ccccc9c8c7)ccc65)c34)nc(-c3cccc4c3sc3ccccc34)n2)cc1. The molecule has 4 nitrogen and oxygen atoms in total. The second-order valence-electron chi connectivity index (χ2n) is 19.4. The second kappa shape index (κ2) is 16.0. The fraction of sp³-hybridized carbons (Fsp3) is 0. The van der Waals surface area contributed by atoms with Crippen LogP contribution < -0.4 is 0 Å². The molecule has 0 spiro atoms. The van der Waals surface area contributed by atoms with Crippen LogP contribution >= 0.6 is 11.3 Å². The molecule has 0 N–H and O–H groups in total. The highest BCUT2D eigenvalue weighted by Crippen LogP contribution is 2.45. The Morgan fingerprint density at radius 2 is 0.730 bits per heavy atom. The van der Waals surface area contributed by atoms with Crippen LogP contribution in [-0.4, -0.2) is 19.5 Å². The Labute approximate surface area is 428 Å². The van der Waals surface area contributed by atoms with Crippen LogP contribution in [0.15, 0.2) is 243 Å². The number of benzene rings is 13. The van der Waals surface area contributed by atoms with Crippen LogP contribution in [0.3, 0.4) is 0 Å². The van der Waals surface area contributed by atoms with Crippen LogP contribution in [0.1, 0.15) is 0 Å². The zero-order chi connectivity index (χ0) is 48.4. The van der Waals surface area contributed by atoms with Crippen molar-refractivity contribution in [1.82, 2.24) is 19.5 Å². The lowest BCUT2D eigenvalue weighted by atomic mass is 9.92. The Bertz CT molecular complexity index is 4990. The highest BCUT2D eigenvalue weighted by Gasteiger charge is 2.21. The van der Waals surface area contributed by atoms with Gasteiger partial charge >= 0.3 is 0 Å². The quantitative estimate of drug-likeness (QED) is 0.161. The molecule has 74 heavy (non-hydrogen) atoms. The number of aromatic nitrogens is 4. The third kappa shape index (κ3) is 6.11. The Hall–Kier alpha value is -9.55. The summed E-state index contributed by atoms with van der Waals surface area (Å²) in [4.78, 5) is 15.8. The van der Waals surface area contributed by atoms with Crippen LogP contribution in [-0.2, 0) is 0 Å². The summed E-state index contributed by atoms with van der Waals surface area (Å²) in [6.07, 6.45) is 0. The van der Waals surface area contributed by atoms with Gasteiger partial charge < -0.3 is 4.57 Å². The first-order valence-corrected chi connectivity index (χ1v) is 26.0. The van der Waals surface area contributed by atoms with Crippen molar-refractivity contribution in [3.8, 4) is 51.0 Å². The van der Waals surface area contributed by atoms with E-state index in [0.29, 0.717) is 17.5 Å². The Balaban J connectivity index is 0.898. The molecule has 0 aliphatic rings. The summed E-state index contributed by atoms with van der Waals surface area (Å²) in [6.45, 7) is 0. The van der Waals surface area contributed by atoms with Gasteiger partial charge in [-0.05, 0) is 119 Å². The lowest BCUT2D eigenvalue weighted by Gasteiger charge is -2.17. The minimum Gasteiger partial charge on any atom is -0.309 e. The number of hydrogen-bond donors (Lipinski definition) is 0. The topological polar surface area (TPSA) is 43.6 Å². The van der Waals surface area contributed by atoms with Crippen molar-refractivity contribution in [2.45, 2.75) is 0 Å². The molecule has 16 aromatic rings. The second-order valence-corrected chi connectivity index (χ2v) is 20.4. The molecule has 0 saturated carbocycles. The average molecular weight is 957 g/mol. The summed E-state index contributed by atoms with van der Waals surface area (Å²) in [7, 11) is 0. The lowest BCUT2D eigenvalue weighted by molar-refractivity contribution is 1.08. The number of rotatable bonds is 5. The maximum Gasteiger partial charge on any atom is 0.165 e. The van der Waals surface area contributed by atoms with E-state index >= 15 is 0 Å². The van der Waals surface area contributed by atoms with Crippen LogP contribution in [0, 0.1) is 0 Å². The minimum absolute atomic E-state index is 0.637. The predicted octanol–water partition coefficient (Wildman–Crippen LogP) is 18.9. The van der Waals surface area contributed by atoms with Gasteiger partial charge in [-0.15, -0.1) is 11.3 Å². The van der Waals surface area contributed by atoms with Crippen molar-refractivity contribution >= 4 is 118 Å². The van der Waals surface area contributed by atoms with E-state index in [1.165, 1.54) is 107 Å². The van der Waals surface area contributed by atoms with E-state index in [4.69, 9.17) is 15.0 Å². The molecule has 13 aromatic carbocycles. The van der Waals surface area contributed by atoms with Crippen molar-refractivity contribution in [2.75, 3.05) is 0 Å². The predicted molar refractivity (Wildman–Crippen MR) is 314 cm³/mol. The molecule has 0 radical (unpaired) electrons. The smallest absolute Gasteiger partial charge is 0.165 e. The minimum atomic E-state index is 0.637. The fourth-order valence-corrected chi connectivity index (χ4v) is 13.3. The summed E-state index contributed by atoms with van der Waals surface area (Å²) in [5.41, 5.74) is 8.75. The summed E-state index contributed by atoms with van der Waals surface area (Å²) >= 11 is 1.79. The Morgan fingerprint density at radius 1 is 0.270 bits per heavy atom. The molecule has 0 unspecified atom stereocenters. The van der Waals surface area contributed by atoms with Crippen LogP contribution in [0.25, 0.3) is 158 Å². The average Bonchev–Trinajstić information content (AvgIpc) is 4.03. The summed E-state index contributed by atoms with van der Waals surface area (Å²) in [5.74, 6) is 1.94. The van der Waals surface area contributed by atoms with Gasteiger partial charge in [0.2, 0.25) is 0 Å². The van der Waals surface area contributed by atoms with Crippen molar-refractivity contribution < 1.29 is 0 Å². The van der Waals surface area contributed by atoms with Gasteiger partial charge in [0, 0.05) is 53.0 Å². The fourth-order valence-electron chi connectivity index (χ4n) is 12.1. The highest BCUT2D eigenvalue weighted by atomic mass is 32.1. The number of para-hydroxylation sites is 1. The molecular formula is C69H40N4S. The molecule has 0 aliphatic heterocycles. The van der Waals surface area contributed by atoms with E-state index in [1.54, 1.807) is 11.3 Å². The van der Waals surface area contributed by atoms with Gasteiger partial charge in [0.15, 0.2) is 17.5 Å². The first kappa shape index (κ1) is 41.1. The molecule has 0 aliphatic carbocycles. The molecule has 16 rings (SSSR count). The molecule has 0 atom stereocenters. The first-order valence-electron chi connectivity index (χ1n) is 25.2. The maximum absolute atomic E-state index is 5.34. The standard InChI is InChI=1S/C69H40N4S/c1-2-16-41(17-3-1)67-70-68(72-69(71-67)57-28-14-27-56-53-25-11-13-31-64(53)74-66(56)57)44-33-36-55-59(40-44)50-23-9-7-21-48(50)54-26-15-30-63(65(54)55)73-61-29-12-10-24-52(61)60-39-43(34-37-62(60)73)42-32-35-51-47-20-5-4-18-45(47)46-19-6-8-22-49(46)58(51)38-42/h1-40H. The van der Waals surface area contributed by atoms with Crippen molar-refractivity contribution in [2.24, 2.45) is 0 Å². The molecule has 0 bridgehead atoms. The van der Waals surface area contributed by atoms with E-state index in [1.807, 2.05) is 18.2 Å². The van der Waals surface area contributed by atoms with Gasteiger partial charge in [-0.1, -0.05) is 194 Å². The normalized spacial score (nSPS) is 12.1. The molecular weight excluding hydrogens is 917 g/mol. The van der Waals surface area contributed by atoms with Gasteiger partial charge in [0.25, 0.3) is 0 Å². The van der Waals surface area contributed by atoms with Gasteiger partial charge in [-0.25, -0.2) is 15.0 Å². The van der Waals surface area contributed by atoms with E-state index in [-0.39, 0.29) is 0 Å². The summed E-state index contributed by atoms with van der Waals surface area (Å²) in [6, 6.07) is 88.3. The van der Waals surface area contributed by atoms with Gasteiger partial charge in [-0.2, -0.15) is 0 Å². The van der Waals surface area contributed by atoms with Crippen molar-refractivity contribution in [3.63, 3.8) is 0 Å². The van der Waals surface area contributed by atoms with E-state index in [9.17, 15) is 0 Å². The van der Waals surface area contributed by atoms with Gasteiger partial charge in [0.05, 0.1) is 16.7 Å². The van der Waals surface area contributed by atoms with E-state index in [2.05, 4.69) is 229 Å². The largest absolute Gasteiger partial charge is 0.309 e. The highest BCUT2D eigenvalue weighted by molar-refractivity contribution is 7.26. The molecule has 3 heterocycles. The summed E-state index contributed by atoms with van der Waals surface area (Å²) < 4.78 is 4.90. The third-order valence-electron chi connectivity index (χ3n) is 15.4. The van der Waals surface area contributed by atoms with Crippen LogP contribution in [0.2, 0.25) is 0 Å². The molecule has 0 saturated heterocycles. The number of thiophene rings is 1. The van der Waals surface area contributed by atoms with Crippen molar-refractivity contribution in [1.29, 1.82) is 0 Å². The third-order valence-corrected chi connectivity index (χ3v) is 16.6. The number of nitrogens with zero attached hydrogens (tertiary/aromatic N) is 4. The van der Waals surface area contributed by atoms with Crippen LogP contribution in [0.5, 0.6) is 0 Å². The molecule has 5 heteroatoms. The number of hydrogen-bond acceptors (Lipinski definition) is 4. The molecule has 3 aromatic heterocycles. The van der Waals surface area contributed by atoms with E-state index < -0.39 is 0 Å². The van der Waals surface area contributed by atoms with E-state index in [0.717, 1.165) is 33.3 Å². The Morgan fingerprint density at radius 3 is 1.47 bits per heavy atom. The summed E-state index contributed by atoms with van der Waals surface area (Å²) in [5, 5.41) is 19.7. The Kier molecular flexibility index (Phi) is 8.88. The first-order chi connectivity index (χ1) is 36.7. The van der Waals surface area contributed by atoms with Crippen LogP contribution in [0.4, 0.5) is 0 Å². The zero-order valence-electron chi connectivity index (χ0n) is 39.8. The van der Waals surface area contributed by atoms with Gasteiger partial charge in [-0.3, -0.25) is 0 Å². The van der Waals surface area contributed by atoms with Gasteiger partial charge in [0.1, 0.15) is 0 Å². The van der Waals surface area contributed by atoms with Crippen molar-refractivity contribution in [3.05, 3.63) is 243 Å². The molecule has 342 valence electrons.